The van der Waals surface area contributed by atoms with Crippen molar-refractivity contribution in [1.82, 2.24) is 39.0 Å². The zero-order valence-corrected chi connectivity index (χ0v) is 23.3. The van der Waals surface area contributed by atoms with E-state index >= 15 is 4.39 Å². The van der Waals surface area contributed by atoms with Gasteiger partial charge in [-0.2, -0.15) is 4.98 Å². The molecule has 8 atom stereocenters. The first-order valence-corrected chi connectivity index (χ1v) is 15.9. The van der Waals surface area contributed by atoms with Gasteiger partial charge in [0.25, 0.3) is 11.1 Å². The number of rotatable bonds is 8. The fourth-order valence-corrected chi connectivity index (χ4v) is 6.79. The molecule has 4 aromatic heterocycles. The molecule has 6 heterocycles. The molecule has 0 amide bonds. The molecule has 0 saturated carbocycles. The molecule has 0 bridgehead atoms. The van der Waals surface area contributed by atoms with Crippen LogP contribution in [0.5, 0.6) is 0 Å². The summed E-state index contributed by atoms with van der Waals surface area (Å²) in [7, 11) is 0. The van der Waals surface area contributed by atoms with Gasteiger partial charge >= 0.3 is 0 Å². The molecule has 0 radical (unpaired) electrons. The molecule has 2 aliphatic rings. The van der Waals surface area contributed by atoms with Crippen LogP contribution in [0.1, 0.15) is 18.9 Å². The van der Waals surface area contributed by atoms with Crippen molar-refractivity contribution in [2.24, 2.45) is 0 Å². The Balaban J connectivity index is 1.17. The zero-order chi connectivity index (χ0) is 29.1. The summed E-state index contributed by atoms with van der Waals surface area (Å²) in [6.45, 7) is -0.719. The average molecular weight is 632 g/mol. The van der Waals surface area contributed by atoms with E-state index in [2.05, 4.69) is 42.2 Å². The molecule has 6 rings (SSSR count). The van der Waals surface area contributed by atoms with Gasteiger partial charge in [0.2, 0.25) is 11.6 Å². The maximum Gasteiger partial charge on any atom is 0.280 e. The number of H-pyrrole nitrogens is 2. The quantitative estimate of drug-likeness (QED) is 0.104. The van der Waals surface area contributed by atoms with Crippen LogP contribution < -0.4 is 16.9 Å². The zero-order valence-electron chi connectivity index (χ0n) is 20.7. The van der Waals surface area contributed by atoms with Crippen molar-refractivity contribution >= 4 is 58.0 Å². The van der Waals surface area contributed by atoms with Gasteiger partial charge in [-0.05, 0) is 11.8 Å². The summed E-state index contributed by atoms with van der Waals surface area (Å²) < 4.78 is 41.1. The summed E-state index contributed by atoms with van der Waals surface area (Å²) in [6.07, 6.45) is -4.60. The molecular formula is C20H23FN9O8PS2. The Morgan fingerprint density at radius 3 is 2.61 bits per heavy atom. The second-order valence-electron chi connectivity index (χ2n) is 9.31. The van der Waals surface area contributed by atoms with Crippen molar-refractivity contribution in [2.75, 3.05) is 18.9 Å². The number of nitrogens with two attached hydrogens (primary N) is 1. The molecule has 0 aliphatic carbocycles. The molecule has 17 nitrogen and oxygen atoms in total. The van der Waals surface area contributed by atoms with E-state index in [0.717, 1.165) is 6.33 Å². The van der Waals surface area contributed by atoms with E-state index in [0.29, 0.717) is 0 Å². The monoisotopic (exact) mass is 631 g/mol. The van der Waals surface area contributed by atoms with E-state index in [9.17, 15) is 19.8 Å². The van der Waals surface area contributed by atoms with Crippen LogP contribution in [0.25, 0.3) is 22.3 Å². The Hall–Kier alpha value is -2.81. The first kappa shape index (κ1) is 28.3. The second kappa shape index (κ2) is 10.8. The van der Waals surface area contributed by atoms with Gasteiger partial charge < -0.3 is 39.5 Å². The molecule has 6 N–H and O–H groups in total. The van der Waals surface area contributed by atoms with E-state index in [1.54, 1.807) is 0 Å². The lowest BCUT2D eigenvalue weighted by atomic mass is 10.1. The highest BCUT2D eigenvalue weighted by molar-refractivity contribution is 8.60. The van der Waals surface area contributed by atoms with E-state index < -0.39 is 59.9 Å². The van der Waals surface area contributed by atoms with Gasteiger partial charge in [0.15, 0.2) is 41.0 Å². The number of fused-ring (bicyclic) bond motifs is 2. The largest absolute Gasteiger partial charge is 0.394 e. The summed E-state index contributed by atoms with van der Waals surface area (Å²) in [5.74, 6) is -0.132. The van der Waals surface area contributed by atoms with Gasteiger partial charge in [0, 0.05) is 6.42 Å². The lowest BCUT2D eigenvalue weighted by Crippen LogP contribution is -2.31. The fraction of sp³-hybridized carbons (Fsp3) is 0.500. The number of aliphatic hydroxyl groups excluding tert-OH is 2. The predicted octanol–water partition coefficient (Wildman–Crippen LogP) is -0.733. The van der Waals surface area contributed by atoms with Crippen molar-refractivity contribution in [3.8, 4) is 0 Å². The normalized spacial score (nSPS) is 29.9. The highest BCUT2D eigenvalue weighted by Gasteiger charge is 2.47. The molecule has 4 aromatic rings. The number of nitrogens with zero attached hydrogens (tertiary/aromatic N) is 6. The third-order valence-electron chi connectivity index (χ3n) is 6.68. The number of imidazole rings is 2. The Bertz CT molecular complexity index is 1770. The fourth-order valence-electron chi connectivity index (χ4n) is 4.79. The summed E-state index contributed by atoms with van der Waals surface area (Å²) in [4.78, 5) is 45.0. The topological polar surface area (TPSA) is 231 Å². The SMILES string of the molecule is Nc1nc2c(ncn2[C@@H]2O[C@H](CO)C[C@H]2OP(=S)(S)OC[C@H]2O[C@@H](n3cnc4c(=O)[nH]cnc43)[C@@H](F)[C@@H]2O)c(=O)[nH]1. The van der Waals surface area contributed by atoms with Crippen LogP contribution in [0.3, 0.4) is 0 Å². The molecule has 0 aromatic carbocycles. The number of nitrogens with one attached hydrogen (secondary N) is 2. The van der Waals surface area contributed by atoms with E-state index in [1.807, 2.05) is 0 Å². The van der Waals surface area contributed by atoms with Crippen molar-refractivity contribution in [1.29, 1.82) is 0 Å². The van der Waals surface area contributed by atoms with Crippen LogP contribution >= 0.6 is 17.9 Å². The minimum absolute atomic E-state index is 0.0144. The van der Waals surface area contributed by atoms with Gasteiger partial charge in [-0.3, -0.25) is 23.7 Å². The number of thiol groups is 1. The molecule has 41 heavy (non-hydrogen) atoms. The maximum absolute atomic E-state index is 15.1. The minimum atomic E-state index is -3.39. The molecule has 2 saturated heterocycles. The molecule has 0 spiro atoms. The second-order valence-corrected chi connectivity index (χ2v) is 14.5. The Morgan fingerprint density at radius 2 is 1.88 bits per heavy atom. The molecule has 2 aliphatic heterocycles. The van der Waals surface area contributed by atoms with Crippen molar-refractivity contribution in [2.45, 2.75) is 49.5 Å². The molecule has 21 heteroatoms. The third-order valence-corrected chi connectivity index (χ3v) is 8.89. The number of ether oxygens (including phenoxy) is 2. The number of halogens is 1. The number of aromatic nitrogens is 8. The van der Waals surface area contributed by atoms with Gasteiger partial charge in [-0.15, -0.1) is 0 Å². The molecule has 2 fully saturated rings. The van der Waals surface area contributed by atoms with Gasteiger partial charge in [0.05, 0.1) is 38.3 Å². The van der Waals surface area contributed by atoms with Crippen LogP contribution in [0.15, 0.2) is 28.6 Å². The van der Waals surface area contributed by atoms with E-state index in [4.69, 9.17) is 36.1 Å². The maximum atomic E-state index is 15.1. The highest BCUT2D eigenvalue weighted by Crippen LogP contribution is 2.57. The van der Waals surface area contributed by atoms with Crippen molar-refractivity contribution in [3.05, 3.63) is 39.7 Å². The minimum Gasteiger partial charge on any atom is -0.394 e. The first-order valence-electron chi connectivity index (χ1n) is 12.1. The highest BCUT2D eigenvalue weighted by atomic mass is 32.9. The lowest BCUT2D eigenvalue weighted by molar-refractivity contribution is -0.0501. The number of alkyl halides is 1. The summed E-state index contributed by atoms with van der Waals surface area (Å²) in [5, 5.41) is 20.2. The van der Waals surface area contributed by atoms with Gasteiger partial charge in [0.1, 0.15) is 18.3 Å². The van der Waals surface area contributed by atoms with E-state index in [1.165, 1.54) is 21.8 Å². The smallest absolute Gasteiger partial charge is 0.280 e. The summed E-state index contributed by atoms with van der Waals surface area (Å²) in [5.41, 5.74) is 1.45. The van der Waals surface area contributed by atoms with Crippen LogP contribution in [-0.2, 0) is 30.3 Å². The Kier molecular flexibility index (Phi) is 7.45. The molecule has 1 unspecified atom stereocenters. The van der Waals surface area contributed by atoms with Crippen LogP contribution in [0, 0.1) is 0 Å². The van der Waals surface area contributed by atoms with Gasteiger partial charge in [-0.1, -0.05) is 12.2 Å². The van der Waals surface area contributed by atoms with Crippen molar-refractivity contribution < 1.29 is 33.1 Å². The number of anilines is 1. The number of aliphatic hydroxyl groups is 2. The van der Waals surface area contributed by atoms with Crippen LogP contribution in [0.2, 0.25) is 0 Å². The Morgan fingerprint density at radius 1 is 1.17 bits per heavy atom. The van der Waals surface area contributed by atoms with Crippen LogP contribution in [0.4, 0.5) is 10.3 Å². The van der Waals surface area contributed by atoms with Crippen LogP contribution in [-0.4, -0.2) is 93.1 Å². The predicted molar refractivity (Wildman–Crippen MR) is 145 cm³/mol. The summed E-state index contributed by atoms with van der Waals surface area (Å²) >= 11 is 9.85. The lowest BCUT2D eigenvalue weighted by Gasteiger charge is -2.26. The standard InChI is InChI=1S/C20H23FN9O8PS2/c21-10-13(32)9(37-19(10)29-5-25-11-14(29)23-4-24-16(11)33)3-35-39(40,41)38-8-1-7(2-31)36-18(8)30-6-26-12-15(30)27-20(22)28-17(12)34/h4-10,13,18-19,31-32H,1-3H2,(H,40,41)(H,23,24,33)(H3,22,27,28,34)/t7-,8+,9+,10-,13+,18+,19+/m0/s1. The number of hydrogen-bond acceptors (Lipinski definition) is 14. The first-order chi connectivity index (χ1) is 19.6. The number of aromatic amines is 2. The van der Waals surface area contributed by atoms with E-state index in [-0.39, 0.29) is 47.9 Å². The summed E-state index contributed by atoms with van der Waals surface area (Å²) in [6, 6.07) is 0. The van der Waals surface area contributed by atoms with Crippen molar-refractivity contribution in [3.63, 3.8) is 0 Å². The third kappa shape index (κ3) is 5.19. The average Bonchev–Trinajstić information content (AvgIpc) is 3.69. The number of hydrogen-bond donors (Lipinski definition) is 6. The molecule has 220 valence electrons. The van der Waals surface area contributed by atoms with Gasteiger partial charge in [-0.25, -0.2) is 19.3 Å². The number of nitrogen functional groups attached to an aromatic ring is 1. The molecular weight excluding hydrogens is 608 g/mol. The Labute approximate surface area is 238 Å².